The van der Waals surface area contributed by atoms with Gasteiger partial charge in [0.1, 0.15) is 5.56 Å². The maximum Gasteiger partial charge on any atom is 0.257 e. The SMILES string of the molecule is O=C(NCC=Cc1ccccc1)c1cnoc1-c1ccccc1. The molecule has 0 saturated carbocycles. The zero-order valence-corrected chi connectivity index (χ0v) is 12.5. The van der Waals surface area contributed by atoms with E-state index in [1.807, 2.05) is 72.8 Å². The Labute approximate surface area is 134 Å². The molecule has 114 valence electrons. The molecule has 0 radical (unpaired) electrons. The van der Waals surface area contributed by atoms with Crippen LogP contribution in [-0.4, -0.2) is 17.6 Å². The molecule has 0 unspecified atom stereocenters. The van der Waals surface area contributed by atoms with Crippen molar-refractivity contribution in [2.45, 2.75) is 0 Å². The lowest BCUT2D eigenvalue weighted by Crippen LogP contribution is -2.23. The number of nitrogens with one attached hydrogen (secondary N) is 1. The molecule has 1 aromatic heterocycles. The van der Waals surface area contributed by atoms with Crippen molar-refractivity contribution in [2.24, 2.45) is 0 Å². The van der Waals surface area contributed by atoms with Crippen molar-refractivity contribution in [3.63, 3.8) is 0 Å². The molecule has 3 rings (SSSR count). The molecule has 0 bridgehead atoms. The Bertz CT molecular complexity index is 793. The van der Waals surface area contributed by atoms with E-state index in [0.29, 0.717) is 17.9 Å². The predicted molar refractivity (Wildman–Crippen MR) is 89.7 cm³/mol. The first-order valence-corrected chi connectivity index (χ1v) is 7.34. The number of amides is 1. The molecule has 23 heavy (non-hydrogen) atoms. The maximum atomic E-state index is 12.3. The Balaban J connectivity index is 1.64. The summed E-state index contributed by atoms with van der Waals surface area (Å²) in [4.78, 5) is 12.3. The highest BCUT2D eigenvalue weighted by Crippen LogP contribution is 2.22. The Morgan fingerprint density at radius 3 is 2.48 bits per heavy atom. The summed E-state index contributed by atoms with van der Waals surface area (Å²) in [6, 6.07) is 19.4. The van der Waals surface area contributed by atoms with Gasteiger partial charge in [0.05, 0.1) is 6.20 Å². The number of nitrogens with zero attached hydrogens (tertiary/aromatic N) is 1. The third kappa shape index (κ3) is 3.74. The molecule has 2 aromatic carbocycles. The van der Waals surface area contributed by atoms with Gasteiger partial charge < -0.3 is 9.84 Å². The van der Waals surface area contributed by atoms with Crippen LogP contribution in [0.1, 0.15) is 15.9 Å². The van der Waals surface area contributed by atoms with Gasteiger partial charge in [-0.05, 0) is 5.56 Å². The first-order chi connectivity index (χ1) is 11.3. The smallest absolute Gasteiger partial charge is 0.257 e. The second kappa shape index (κ2) is 7.22. The highest BCUT2D eigenvalue weighted by Gasteiger charge is 2.16. The van der Waals surface area contributed by atoms with Gasteiger partial charge in [-0.1, -0.05) is 78.0 Å². The van der Waals surface area contributed by atoms with Crippen molar-refractivity contribution in [1.82, 2.24) is 10.5 Å². The van der Waals surface area contributed by atoms with Gasteiger partial charge in [0.2, 0.25) is 0 Å². The number of hydrogen-bond acceptors (Lipinski definition) is 3. The van der Waals surface area contributed by atoms with Crippen molar-refractivity contribution in [2.75, 3.05) is 6.54 Å². The van der Waals surface area contributed by atoms with E-state index in [1.54, 1.807) is 0 Å². The second-order valence-corrected chi connectivity index (χ2v) is 4.96. The van der Waals surface area contributed by atoms with Gasteiger partial charge in [0.25, 0.3) is 5.91 Å². The van der Waals surface area contributed by atoms with E-state index in [9.17, 15) is 4.79 Å². The van der Waals surface area contributed by atoms with Crippen molar-refractivity contribution in [1.29, 1.82) is 0 Å². The number of benzene rings is 2. The lowest BCUT2D eigenvalue weighted by atomic mass is 10.1. The van der Waals surface area contributed by atoms with E-state index in [4.69, 9.17) is 4.52 Å². The number of carbonyl (C=O) groups excluding carboxylic acids is 1. The number of aromatic nitrogens is 1. The summed E-state index contributed by atoms with van der Waals surface area (Å²) < 4.78 is 5.22. The molecule has 0 aliphatic heterocycles. The van der Waals surface area contributed by atoms with Gasteiger partial charge >= 0.3 is 0 Å². The number of carbonyl (C=O) groups is 1. The summed E-state index contributed by atoms with van der Waals surface area (Å²) in [5, 5.41) is 6.58. The van der Waals surface area contributed by atoms with Crippen molar-refractivity contribution < 1.29 is 9.32 Å². The fourth-order valence-electron chi connectivity index (χ4n) is 2.21. The molecule has 0 aliphatic carbocycles. The molecule has 4 heteroatoms. The van der Waals surface area contributed by atoms with Crippen LogP contribution in [0.15, 0.2) is 77.5 Å². The number of rotatable bonds is 5. The van der Waals surface area contributed by atoms with Crippen LogP contribution in [0.3, 0.4) is 0 Å². The summed E-state index contributed by atoms with van der Waals surface area (Å²) in [6.07, 6.45) is 5.31. The Kier molecular flexibility index (Phi) is 4.64. The minimum absolute atomic E-state index is 0.206. The molecule has 3 aromatic rings. The van der Waals surface area contributed by atoms with Crippen LogP contribution in [-0.2, 0) is 0 Å². The Hall–Kier alpha value is -3.14. The third-order valence-electron chi connectivity index (χ3n) is 3.34. The normalized spacial score (nSPS) is 10.8. The Morgan fingerprint density at radius 2 is 1.74 bits per heavy atom. The van der Waals surface area contributed by atoms with E-state index in [0.717, 1.165) is 11.1 Å². The molecule has 0 fully saturated rings. The van der Waals surface area contributed by atoms with Gasteiger partial charge in [0, 0.05) is 12.1 Å². The Morgan fingerprint density at radius 1 is 1.04 bits per heavy atom. The monoisotopic (exact) mass is 304 g/mol. The number of hydrogen-bond donors (Lipinski definition) is 1. The van der Waals surface area contributed by atoms with Gasteiger partial charge in [-0.3, -0.25) is 4.79 Å². The topological polar surface area (TPSA) is 55.1 Å². The zero-order valence-electron chi connectivity index (χ0n) is 12.5. The van der Waals surface area contributed by atoms with Crippen LogP contribution in [0.5, 0.6) is 0 Å². The first kappa shape index (κ1) is 14.8. The lowest BCUT2D eigenvalue weighted by molar-refractivity contribution is 0.0958. The van der Waals surface area contributed by atoms with Crippen LogP contribution >= 0.6 is 0 Å². The van der Waals surface area contributed by atoms with E-state index >= 15 is 0 Å². The zero-order chi connectivity index (χ0) is 15.9. The van der Waals surface area contributed by atoms with E-state index in [1.165, 1.54) is 6.20 Å². The third-order valence-corrected chi connectivity index (χ3v) is 3.34. The van der Waals surface area contributed by atoms with Crippen LogP contribution in [0, 0.1) is 0 Å². The molecule has 1 N–H and O–H groups in total. The van der Waals surface area contributed by atoms with Crippen molar-refractivity contribution in [3.05, 3.63) is 84.1 Å². The highest BCUT2D eigenvalue weighted by molar-refractivity contribution is 5.99. The van der Waals surface area contributed by atoms with Crippen molar-refractivity contribution in [3.8, 4) is 11.3 Å². The molecular formula is C19H16N2O2. The van der Waals surface area contributed by atoms with E-state index < -0.39 is 0 Å². The average molecular weight is 304 g/mol. The standard InChI is InChI=1S/C19H16N2O2/c22-19(20-13-7-10-15-8-3-1-4-9-15)17-14-21-23-18(17)16-11-5-2-6-12-16/h1-12,14H,13H2,(H,20,22). The highest BCUT2D eigenvalue weighted by atomic mass is 16.5. The van der Waals surface area contributed by atoms with Gasteiger partial charge in [-0.2, -0.15) is 0 Å². The van der Waals surface area contributed by atoms with Crippen LogP contribution in [0.4, 0.5) is 0 Å². The summed E-state index contributed by atoms with van der Waals surface area (Å²) in [5.41, 5.74) is 2.36. The van der Waals surface area contributed by atoms with Gasteiger partial charge in [-0.15, -0.1) is 0 Å². The molecule has 0 aliphatic rings. The minimum atomic E-state index is -0.206. The summed E-state index contributed by atoms with van der Waals surface area (Å²) in [5.74, 6) is 0.276. The molecule has 0 spiro atoms. The molecular weight excluding hydrogens is 288 g/mol. The lowest BCUT2D eigenvalue weighted by Gasteiger charge is -2.02. The molecule has 0 atom stereocenters. The summed E-state index contributed by atoms with van der Waals surface area (Å²) >= 11 is 0. The van der Waals surface area contributed by atoms with Crippen LogP contribution in [0.25, 0.3) is 17.4 Å². The molecule has 1 heterocycles. The van der Waals surface area contributed by atoms with E-state index in [-0.39, 0.29) is 5.91 Å². The molecule has 4 nitrogen and oxygen atoms in total. The molecule has 0 saturated heterocycles. The fourth-order valence-corrected chi connectivity index (χ4v) is 2.21. The minimum Gasteiger partial charge on any atom is -0.355 e. The second-order valence-electron chi connectivity index (χ2n) is 4.96. The average Bonchev–Trinajstić information content (AvgIpc) is 3.10. The summed E-state index contributed by atoms with van der Waals surface area (Å²) in [7, 11) is 0. The van der Waals surface area contributed by atoms with Crippen LogP contribution in [0.2, 0.25) is 0 Å². The van der Waals surface area contributed by atoms with E-state index in [2.05, 4.69) is 10.5 Å². The van der Waals surface area contributed by atoms with Gasteiger partial charge in [0.15, 0.2) is 5.76 Å². The first-order valence-electron chi connectivity index (χ1n) is 7.34. The van der Waals surface area contributed by atoms with Crippen molar-refractivity contribution >= 4 is 12.0 Å². The quantitative estimate of drug-likeness (QED) is 0.780. The molecule has 1 amide bonds. The largest absolute Gasteiger partial charge is 0.355 e. The van der Waals surface area contributed by atoms with Gasteiger partial charge in [-0.25, -0.2) is 0 Å². The predicted octanol–water partition coefficient (Wildman–Crippen LogP) is 3.78. The maximum absolute atomic E-state index is 12.3. The van der Waals surface area contributed by atoms with Crippen LogP contribution < -0.4 is 5.32 Å². The fraction of sp³-hybridized carbons (Fsp3) is 0.0526. The summed E-state index contributed by atoms with van der Waals surface area (Å²) in [6.45, 7) is 0.438.